The van der Waals surface area contributed by atoms with Crippen molar-refractivity contribution in [2.75, 3.05) is 13.2 Å². The average molecular weight is 241 g/mol. The molecule has 1 rings (SSSR count). The Morgan fingerprint density at radius 2 is 2.06 bits per heavy atom. The van der Waals surface area contributed by atoms with E-state index in [1.807, 2.05) is 20.8 Å². The van der Waals surface area contributed by atoms with Crippen molar-refractivity contribution >= 4 is 0 Å². The van der Waals surface area contributed by atoms with Crippen molar-refractivity contribution in [3.63, 3.8) is 0 Å². The van der Waals surface area contributed by atoms with E-state index in [4.69, 9.17) is 4.74 Å². The maximum atomic E-state index is 12.8. The Balaban J connectivity index is 2.44. The summed E-state index contributed by atoms with van der Waals surface area (Å²) in [6.45, 7) is 7.19. The second-order valence-corrected chi connectivity index (χ2v) is 4.30. The summed E-state index contributed by atoms with van der Waals surface area (Å²) in [5, 5.41) is 12.8. The van der Waals surface area contributed by atoms with Crippen molar-refractivity contribution in [2.24, 2.45) is 0 Å². The molecule has 0 amide bonds. The maximum Gasteiger partial charge on any atom is 0.126 e. The van der Waals surface area contributed by atoms with Crippen molar-refractivity contribution in [1.29, 1.82) is 0 Å². The zero-order valence-electron chi connectivity index (χ0n) is 10.5. The number of rotatable bonds is 6. The van der Waals surface area contributed by atoms with Crippen molar-refractivity contribution in [1.82, 2.24) is 5.32 Å². The molecule has 0 radical (unpaired) electrons. The molecule has 96 valence electrons. The van der Waals surface area contributed by atoms with Gasteiger partial charge in [-0.15, -0.1) is 0 Å². The van der Waals surface area contributed by atoms with Gasteiger partial charge in [-0.2, -0.15) is 0 Å². The molecule has 0 saturated heterocycles. The SMILES string of the molecule is CC(C)OCCNC(C)c1ccc(F)cc1O. The van der Waals surface area contributed by atoms with Gasteiger partial charge in [0.2, 0.25) is 0 Å². The van der Waals surface area contributed by atoms with Crippen molar-refractivity contribution < 1.29 is 14.2 Å². The minimum atomic E-state index is -0.429. The summed E-state index contributed by atoms with van der Waals surface area (Å²) < 4.78 is 18.2. The van der Waals surface area contributed by atoms with E-state index < -0.39 is 5.82 Å². The summed E-state index contributed by atoms with van der Waals surface area (Å²) >= 11 is 0. The zero-order valence-corrected chi connectivity index (χ0v) is 10.5. The van der Waals surface area contributed by atoms with Gasteiger partial charge in [0.15, 0.2) is 0 Å². The van der Waals surface area contributed by atoms with Crippen LogP contribution in [0.4, 0.5) is 4.39 Å². The second-order valence-electron chi connectivity index (χ2n) is 4.30. The largest absolute Gasteiger partial charge is 0.508 e. The topological polar surface area (TPSA) is 41.5 Å². The lowest BCUT2D eigenvalue weighted by atomic mass is 10.1. The summed E-state index contributed by atoms with van der Waals surface area (Å²) in [6.07, 6.45) is 0.214. The van der Waals surface area contributed by atoms with Crippen LogP contribution in [0, 0.1) is 5.82 Å². The Morgan fingerprint density at radius 1 is 1.35 bits per heavy atom. The molecule has 0 heterocycles. The minimum Gasteiger partial charge on any atom is -0.508 e. The number of nitrogens with one attached hydrogen (secondary N) is 1. The number of benzene rings is 1. The van der Waals surface area contributed by atoms with E-state index >= 15 is 0 Å². The predicted octanol–water partition coefficient (Wildman–Crippen LogP) is 2.61. The molecule has 0 saturated carbocycles. The van der Waals surface area contributed by atoms with E-state index in [0.29, 0.717) is 18.7 Å². The fraction of sp³-hybridized carbons (Fsp3) is 0.538. The van der Waals surface area contributed by atoms with Crippen LogP contribution in [0.3, 0.4) is 0 Å². The molecule has 4 heteroatoms. The molecule has 0 aliphatic carbocycles. The third-order valence-electron chi connectivity index (χ3n) is 2.46. The van der Waals surface area contributed by atoms with Crippen LogP contribution >= 0.6 is 0 Å². The van der Waals surface area contributed by atoms with E-state index in [1.165, 1.54) is 6.07 Å². The number of hydrogen-bond donors (Lipinski definition) is 2. The number of hydrogen-bond acceptors (Lipinski definition) is 3. The third-order valence-corrected chi connectivity index (χ3v) is 2.46. The van der Waals surface area contributed by atoms with E-state index in [0.717, 1.165) is 6.07 Å². The van der Waals surface area contributed by atoms with Gasteiger partial charge in [0.05, 0.1) is 12.7 Å². The molecular formula is C13H20FNO2. The second kappa shape index (κ2) is 6.57. The Morgan fingerprint density at radius 3 is 2.65 bits per heavy atom. The van der Waals surface area contributed by atoms with Crippen LogP contribution in [0.1, 0.15) is 32.4 Å². The van der Waals surface area contributed by atoms with Crippen LogP contribution in [0.5, 0.6) is 5.75 Å². The van der Waals surface area contributed by atoms with Gasteiger partial charge in [-0.3, -0.25) is 0 Å². The van der Waals surface area contributed by atoms with Gasteiger partial charge >= 0.3 is 0 Å². The number of phenols is 1. The van der Waals surface area contributed by atoms with Gasteiger partial charge in [0, 0.05) is 24.2 Å². The minimum absolute atomic E-state index is 0.0187. The van der Waals surface area contributed by atoms with Crippen LogP contribution in [-0.2, 0) is 4.74 Å². The van der Waals surface area contributed by atoms with Gasteiger partial charge in [-0.1, -0.05) is 6.07 Å². The Labute approximate surface area is 102 Å². The zero-order chi connectivity index (χ0) is 12.8. The first kappa shape index (κ1) is 13.9. The van der Waals surface area contributed by atoms with Crippen molar-refractivity contribution in [3.8, 4) is 5.75 Å². The molecule has 1 aromatic rings. The summed E-state index contributed by atoms with van der Waals surface area (Å²) in [4.78, 5) is 0. The highest BCUT2D eigenvalue weighted by Crippen LogP contribution is 2.24. The molecular weight excluding hydrogens is 221 g/mol. The lowest BCUT2D eigenvalue weighted by Crippen LogP contribution is -2.24. The van der Waals surface area contributed by atoms with E-state index in [2.05, 4.69) is 5.32 Å². The highest BCUT2D eigenvalue weighted by Gasteiger charge is 2.10. The van der Waals surface area contributed by atoms with Crippen molar-refractivity contribution in [2.45, 2.75) is 32.9 Å². The fourth-order valence-electron chi connectivity index (χ4n) is 1.56. The quantitative estimate of drug-likeness (QED) is 0.752. The lowest BCUT2D eigenvalue weighted by molar-refractivity contribution is 0.0796. The van der Waals surface area contributed by atoms with Crippen LogP contribution in [0.25, 0.3) is 0 Å². The molecule has 0 fully saturated rings. The lowest BCUT2D eigenvalue weighted by Gasteiger charge is -2.16. The van der Waals surface area contributed by atoms with Crippen LogP contribution < -0.4 is 5.32 Å². The molecule has 0 bridgehead atoms. The summed E-state index contributed by atoms with van der Waals surface area (Å²) in [5.74, 6) is -0.448. The van der Waals surface area contributed by atoms with E-state index in [-0.39, 0.29) is 17.9 Å². The van der Waals surface area contributed by atoms with Crippen LogP contribution in [0.2, 0.25) is 0 Å². The van der Waals surface area contributed by atoms with Crippen molar-refractivity contribution in [3.05, 3.63) is 29.6 Å². The normalized spacial score (nSPS) is 13.0. The number of ether oxygens (including phenoxy) is 1. The first-order valence-corrected chi connectivity index (χ1v) is 5.84. The Bertz CT molecular complexity index is 355. The number of halogens is 1. The first-order valence-electron chi connectivity index (χ1n) is 5.84. The van der Waals surface area contributed by atoms with Gasteiger partial charge in [0.25, 0.3) is 0 Å². The van der Waals surface area contributed by atoms with Gasteiger partial charge in [0.1, 0.15) is 11.6 Å². The van der Waals surface area contributed by atoms with Crippen LogP contribution in [0.15, 0.2) is 18.2 Å². The summed E-state index contributed by atoms with van der Waals surface area (Å²) in [7, 11) is 0. The molecule has 0 aromatic heterocycles. The monoisotopic (exact) mass is 241 g/mol. The molecule has 1 aromatic carbocycles. The van der Waals surface area contributed by atoms with Gasteiger partial charge in [-0.25, -0.2) is 4.39 Å². The summed E-state index contributed by atoms with van der Waals surface area (Å²) in [6, 6.07) is 4.02. The molecule has 3 nitrogen and oxygen atoms in total. The standard InChI is InChI=1S/C13H20FNO2/c1-9(2)17-7-6-15-10(3)12-5-4-11(14)8-13(12)16/h4-5,8-10,15-16H,6-7H2,1-3H3. The molecule has 17 heavy (non-hydrogen) atoms. The van der Waals surface area contributed by atoms with Crippen LogP contribution in [-0.4, -0.2) is 24.4 Å². The Kier molecular flexibility index (Phi) is 5.38. The molecule has 1 unspecified atom stereocenters. The third kappa shape index (κ3) is 4.71. The predicted molar refractivity (Wildman–Crippen MR) is 65.6 cm³/mol. The van der Waals surface area contributed by atoms with E-state index in [9.17, 15) is 9.50 Å². The molecule has 1 atom stereocenters. The highest BCUT2D eigenvalue weighted by atomic mass is 19.1. The maximum absolute atomic E-state index is 12.8. The van der Waals surface area contributed by atoms with Gasteiger partial charge in [-0.05, 0) is 26.8 Å². The number of phenolic OH excluding ortho intramolecular Hbond substituents is 1. The summed E-state index contributed by atoms with van der Waals surface area (Å²) in [5.41, 5.74) is 0.691. The molecule has 0 aliphatic heterocycles. The van der Waals surface area contributed by atoms with E-state index in [1.54, 1.807) is 6.07 Å². The molecule has 0 aliphatic rings. The first-order chi connectivity index (χ1) is 8.00. The Hall–Kier alpha value is -1.13. The molecule has 0 spiro atoms. The highest BCUT2D eigenvalue weighted by molar-refractivity contribution is 5.34. The number of aromatic hydroxyl groups is 1. The average Bonchev–Trinajstić information content (AvgIpc) is 2.23. The fourth-order valence-corrected chi connectivity index (χ4v) is 1.56. The molecule has 2 N–H and O–H groups in total. The van der Waals surface area contributed by atoms with Gasteiger partial charge < -0.3 is 15.2 Å². The smallest absolute Gasteiger partial charge is 0.126 e.